The molecule has 1 saturated heterocycles. The summed E-state index contributed by atoms with van der Waals surface area (Å²) in [7, 11) is 0. The van der Waals surface area contributed by atoms with Crippen LogP contribution in [0.1, 0.15) is 53.1 Å². The van der Waals surface area contributed by atoms with Gasteiger partial charge in [0.05, 0.1) is 22.4 Å². The van der Waals surface area contributed by atoms with E-state index in [1.165, 1.54) is 17.9 Å². The van der Waals surface area contributed by atoms with Gasteiger partial charge in [-0.3, -0.25) is 14.4 Å². The number of anilines is 1. The first-order chi connectivity index (χ1) is 16.9. The number of fused-ring (bicyclic) bond motifs is 1. The van der Waals surface area contributed by atoms with Crippen LogP contribution >= 0.6 is 0 Å². The number of nitrogens with one attached hydrogen (secondary N) is 2. The lowest BCUT2D eigenvalue weighted by atomic mass is 9.97. The Kier molecular flexibility index (Phi) is 6.75. The molecule has 8 nitrogen and oxygen atoms in total. The predicted octanol–water partition coefficient (Wildman–Crippen LogP) is 4.36. The summed E-state index contributed by atoms with van der Waals surface area (Å²) in [4.78, 5) is 44.4. The Morgan fingerprint density at radius 1 is 1.22 bits per heavy atom. The van der Waals surface area contributed by atoms with E-state index in [4.69, 9.17) is 0 Å². The number of halogens is 3. The number of carbonyl (C=O) groups excluding carboxylic acids is 1. The molecule has 1 amide bonds. The van der Waals surface area contributed by atoms with Crippen LogP contribution in [0, 0.1) is 12.8 Å². The molecular weight excluding hydrogens is 477 g/mol. The summed E-state index contributed by atoms with van der Waals surface area (Å²) < 4.78 is 41.6. The maximum Gasteiger partial charge on any atom is 0.416 e. The van der Waals surface area contributed by atoms with E-state index in [-0.39, 0.29) is 34.7 Å². The van der Waals surface area contributed by atoms with E-state index in [1.54, 1.807) is 31.2 Å². The standard InChI is InChI=1S/C25H25F3N4O4/c1-13(18-10-19-21(11-20(18)25(26,27)28)30-14(2)31-22(19)33)29-17-7-5-15(6-8-17)23(34)32-9-3-4-16(12-32)24(35)36/h5-8,10-11,13,16,29H,3-4,9,12H2,1-2H3,(H,35,36)(H,30,31,33). The highest BCUT2D eigenvalue weighted by Crippen LogP contribution is 2.37. The summed E-state index contributed by atoms with van der Waals surface area (Å²) in [6.07, 6.45) is -3.53. The van der Waals surface area contributed by atoms with Crippen molar-refractivity contribution in [2.24, 2.45) is 5.92 Å². The molecule has 3 aromatic rings. The number of alkyl halides is 3. The summed E-state index contributed by atoms with van der Waals surface area (Å²) >= 11 is 0. The zero-order valence-electron chi connectivity index (χ0n) is 19.6. The van der Waals surface area contributed by atoms with Crippen molar-refractivity contribution >= 4 is 28.5 Å². The Hall–Kier alpha value is -3.89. The van der Waals surface area contributed by atoms with Crippen molar-refractivity contribution in [2.45, 2.75) is 38.9 Å². The summed E-state index contributed by atoms with van der Waals surface area (Å²) in [5, 5.41) is 12.3. The lowest BCUT2D eigenvalue weighted by Crippen LogP contribution is -2.42. The average molecular weight is 502 g/mol. The fourth-order valence-corrected chi connectivity index (χ4v) is 4.51. The monoisotopic (exact) mass is 502 g/mol. The van der Waals surface area contributed by atoms with Crippen LogP contribution in [0.25, 0.3) is 10.9 Å². The number of aryl methyl sites for hydroxylation is 1. The molecule has 0 radical (unpaired) electrons. The van der Waals surface area contributed by atoms with Crippen molar-refractivity contribution in [3.8, 4) is 0 Å². The number of benzene rings is 2. The number of carbonyl (C=O) groups is 2. The molecule has 2 unspecified atom stereocenters. The van der Waals surface area contributed by atoms with Gasteiger partial charge in [0, 0.05) is 30.4 Å². The van der Waals surface area contributed by atoms with Gasteiger partial charge >= 0.3 is 12.1 Å². The van der Waals surface area contributed by atoms with Gasteiger partial charge in [0.1, 0.15) is 5.82 Å². The Labute approximate surface area is 204 Å². The lowest BCUT2D eigenvalue weighted by molar-refractivity contribution is -0.143. The molecule has 0 saturated carbocycles. The van der Waals surface area contributed by atoms with Gasteiger partial charge in [0.15, 0.2) is 0 Å². The summed E-state index contributed by atoms with van der Waals surface area (Å²) in [6, 6.07) is 7.51. The van der Waals surface area contributed by atoms with E-state index in [0.29, 0.717) is 30.6 Å². The van der Waals surface area contributed by atoms with E-state index >= 15 is 0 Å². The summed E-state index contributed by atoms with van der Waals surface area (Å²) in [6.45, 7) is 3.65. The number of H-pyrrole nitrogens is 1. The van der Waals surface area contributed by atoms with E-state index < -0.39 is 35.2 Å². The second-order valence-corrected chi connectivity index (χ2v) is 8.98. The first-order valence-corrected chi connectivity index (χ1v) is 11.4. The highest BCUT2D eigenvalue weighted by atomic mass is 19.4. The van der Waals surface area contributed by atoms with Crippen LogP contribution in [0.15, 0.2) is 41.2 Å². The van der Waals surface area contributed by atoms with Gasteiger partial charge < -0.3 is 20.3 Å². The SMILES string of the molecule is Cc1nc2cc(C(F)(F)F)c(C(C)Nc3ccc(C(=O)N4CCCC(C(=O)O)C4)cc3)cc2c(=O)[nH]1. The molecule has 1 aliphatic heterocycles. The minimum absolute atomic E-state index is 0.0368. The fraction of sp³-hybridized carbons (Fsp3) is 0.360. The minimum atomic E-state index is -4.66. The molecule has 2 atom stereocenters. The molecule has 1 aromatic heterocycles. The van der Waals surface area contributed by atoms with Crippen LogP contribution in [0.3, 0.4) is 0 Å². The normalized spacial score (nSPS) is 17.1. The fourth-order valence-electron chi connectivity index (χ4n) is 4.51. The van der Waals surface area contributed by atoms with Crippen LogP contribution < -0.4 is 10.9 Å². The summed E-state index contributed by atoms with van der Waals surface area (Å²) in [5.74, 6) is -1.60. The van der Waals surface area contributed by atoms with Crippen LogP contribution in [0.5, 0.6) is 0 Å². The van der Waals surface area contributed by atoms with Gasteiger partial charge in [-0.15, -0.1) is 0 Å². The highest BCUT2D eigenvalue weighted by Gasteiger charge is 2.35. The van der Waals surface area contributed by atoms with Crippen molar-refractivity contribution in [2.75, 3.05) is 18.4 Å². The van der Waals surface area contributed by atoms with E-state index in [1.807, 2.05) is 0 Å². The minimum Gasteiger partial charge on any atom is -0.481 e. The highest BCUT2D eigenvalue weighted by molar-refractivity contribution is 5.95. The Morgan fingerprint density at radius 3 is 2.56 bits per heavy atom. The van der Waals surface area contributed by atoms with Crippen molar-refractivity contribution in [1.29, 1.82) is 0 Å². The maximum atomic E-state index is 13.9. The second kappa shape index (κ2) is 9.63. The van der Waals surface area contributed by atoms with Gasteiger partial charge in [-0.2, -0.15) is 13.2 Å². The third-order valence-electron chi connectivity index (χ3n) is 6.34. The smallest absolute Gasteiger partial charge is 0.416 e. The molecule has 0 bridgehead atoms. The van der Waals surface area contributed by atoms with Gasteiger partial charge in [0.2, 0.25) is 0 Å². The molecule has 0 spiro atoms. The molecular formula is C25H25F3N4O4. The number of likely N-dealkylation sites (tertiary alicyclic amines) is 1. The van der Waals surface area contributed by atoms with E-state index in [0.717, 1.165) is 6.07 Å². The Morgan fingerprint density at radius 2 is 1.92 bits per heavy atom. The van der Waals surface area contributed by atoms with Crippen LogP contribution in [0.4, 0.5) is 18.9 Å². The number of aromatic amines is 1. The lowest BCUT2D eigenvalue weighted by Gasteiger charge is -2.30. The quantitative estimate of drug-likeness (QED) is 0.478. The molecule has 2 heterocycles. The molecule has 1 fully saturated rings. The summed E-state index contributed by atoms with van der Waals surface area (Å²) in [5.41, 5.74) is -0.730. The zero-order chi connectivity index (χ0) is 26.2. The van der Waals surface area contributed by atoms with Crippen LogP contribution in [0.2, 0.25) is 0 Å². The second-order valence-electron chi connectivity index (χ2n) is 8.98. The predicted molar refractivity (Wildman–Crippen MR) is 127 cm³/mol. The topological polar surface area (TPSA) is 115 Å². The number of hydrogen-bond donors (Lipinski definition) is 3. The number of carboxylic acids is 1. The van der Waals surface area contributed by atoms with Gasteiger partial charge in [-0.1, -0.05) is 0 Å². The van der Waals surface area contributed by atoms with Gasteiger partial charge in [-0.25, -0.2) is 4.98 Å². The number of aliphatic carboxylic acids is 1. The number of amides is 1. The molecule has 3 N–H and O–H groups in total. The number of carboxylic acid groups (broad SMARTS) is 1. The number of piperidine rings is 1. The first kappa shape index (κ1) is 25.2. The average Bonchev–Trinajstić information content (AvgIpc) is 2.82. The Bertz CT molecular complexity index is 1370. The van der Waals surface area contributed by atoms with Gasteiger partial charge in [0.25, 0.3) is 11.5 Å². The molecule has 2 aromatic carbocycles. The zero-order valence-corrected chi connectivity index (χ0v) is 19.6. The third-order valence-corrected chi connectivity index (χ3v) is 6.34. The van der Waals surface area contributed by atoms with Crippen LogP contribution in [-0.2, 0) is 11.0 Å². The van der Waals surface area contributed by atoms with Crippen molar-refractivity contribution < 1.29 is 27.9 Å². The van der Waals surface area contributed by atoms with E-state index in [9.17, 15) is 32.7 Å². The number of aromatic nitrogens is 2. The Balaban J connectivity index is 1.57. The molecule has 4 rings (SSSR count). The maximum absolute atomic E-state index is 13.9. The van der Waals surface area contributed by atoms with Crippen molar-refractivity contribution in [3.05, 3.63) is 69.3 Å². The largest absolute Gasteiger partial charge is 0.481 e. The molecule has 0 aliphatic carbocycles. The van der Waals surface area contributed by atoms with Gasteiger partial charge in [-0.05, 0) is 68.7 Å². The van der Waals surface area contributed by atoms with Crippen molar-refractivity contribution in [1.82, 2.24) is 14.9 Å². The third kappa shape index (κ3) is 5.19. The number of hydrogen-bond acceptors (Lipinski definition) is 5. The van der Waals surface area contributed by atoms with Crippen molar-refractivity contribution in [3.63, 3.8) is 0 Å². The molecule has 11 heteroatoms. The molecule has 36 heavy (non-hydrogen) atoms. The molecule has 1 aliphatic rings. The number of rotatable bonds is 5. The van der Waals surface area contributed by atoms with Crippen LogP contribution in [-0.4, -0.2) is 44.9 Å². The number of nitrogens with zero attached hydrogens (tertiary/aromatic N) is 2. The molecule has 190 valence electrons. The van der Waals surface area contributed by atoms with E-state index in [2.05, 4.69) is 15.3 Å². The first-order valence-electron chi connectivity index (χ1n) is 11.4.